The zero-order valence-electron chi connectivity index (χ0n) is 20.0. The van der Waals surface area contributed by atoms with Crippen LogP contribution >= 0.6 is 23.1 Å². The predicted octanol–water partition coefficient (Wildman–Crippen LogP) is 5.16. The van der Waals surface area contributed by atoms with Crippen LogP contribution in [0.25, 0.3) is 0 Å². The summed E-state index contributed by atoms with van der Waals surface area (Å²) >= 11 is 3.03. The van der Waals surface area contributed by atoms with Gasteiger partial charge in [-0.05, 0) is 31.5 Å². The minimum absolute atomic E-state index is 0.0269. The van der Waals surface area contributed by atoms with Crippen molar-refractivity contribution in [3.63, 3.8) is 0 Å². The van der Waals surface area contributed by atoms with Gasteiger partial charge in [0.2, 0.25) is 11.8 Å². The monoisotopic (exact) mass is 515 g/mol. The van der Waals surface area contributed by atoms with Crippen molar-refractivity contribution < 1.29 is 14.1 Å². The number of oxazole rings is 1. The lowest BCUT2D eigenvalue weighted by atomic mass is 9.94. The van der Waals surface area contributed by atoms with E-state index in [9.17, 15) is 14.9 Å². The normalized spacial score (nSPS) is 14.7. The quantitative estimate of drug-likeness (QED) is 0.248. The highest BCUT2D eigenvalue weighted by molar-refractivity contribution is 8.00. The number of nitrogens with one attached hydrogen (secondary N) is 1. The third-order valence-electron chi connectivity index (χ3n) is 5.78. The molecule has 9 nitrogen and oxygen atoms in total. The van der Waals surface area contributed by atoms with E-state index in [0.717, 1.165) is 41.5 Å². The Kier molecular flexibility index (Phi) is 7.88. The number of thioether (sulfide) groups is 1. The van der Waals surface area contributed by atoms with Gasteiger partial charge in [-0.1, -0.05) is 44.2 Å². The molecule has 1 aliphatic rings. The molecule has 0 saturated carbocycles. The summed E-state index contributed by atoms with van der Waals surface area (Å²) in [5.74, 6) is 2.04. The van der Waals surface area contributed by atoms with Crippen molar-refractivity contribution in [2.75, 3.05) is 18.0 Å². The molecule has 1 aromatic carbocycles. The fourth-order valence-electron chi connectivity index (χ4n) is 3.73. The first-order valence-corrected chi connectivity index (χ1v) is 13.3. The van der Waals surface area contributed by atoms with Crippen molar-refractivity contribution in [1.82, 2.24) is 15.3 Å². The Morgan fingerprint density at radius 3 is 2.57 bits per heavy atom. The van der Waals surface area contributed by atoms with E-state index in [4.69, 9.17) is 4.42 Å². The summed E-state index contributed by atoms with van der Waals surface area (Å²) < 4.78 is 6.84. The van der Waals surface area contributed by atoms with Crippen LogP contribution in [-0.2, 0) is 22.5 Å². The predicted molar refractivity (Wildman–Crippen MR) is 137 cm³/mol. The van der Waals surface area contributed by atoms with Crippen molar-refractivity contribution in [3.05, 3.63) is 64.0 Å². The van der Waals surface area contributed by atoms with E-state index in [0.29, 0.717) is 23.3 Å². The van der Waals surface area contributed by atoms with Crippen LogP contribution in [0.15, 0.2) is 45.3 Å². The molecule has 11 heteroatoms. The summed E-state index contributed by atoms with van der Waals surface area (Å²) in [6, 6.07) is 6.32. The van der Waals surface area contributed by atoms with Crippen molar-refractivity contribution in [2.45, 2.75) is 55.5 Å². The summed E-state index contributed by atoms with van der Waals surface area (Å²) in [5, 5.41) is 14.9. The minimum Gasteiger partial charge on any atom is -0.444 e. The molecular weight excluding hydrogens is 486 g/mol. The molecule has 0 spiro atoms. The smallest absolute Gasteiger partial charge is 0.269 e. The van der Waals surface area contributed by atoms with Crippen LogP contribution in [0.5, 0.6) is 0 Å². The number of anilines is 1. The van der Waals surface area contributed by atoms with Crippen LogP contribution in [0.2, 0.25) is 0 Å². The van der Waals surface area contributed by atoms with Gasteiger partial charge in [-0.3, -0.25) is 19.8 Å². The fourth-order valence-corrected chi connectivity index (χ4v) is 5.55. The Bertz CT molecular complexity index is 1160. The molecule has 1 N–H and O–H groups in total. The maximum atomic E-state index is 13.5. The van der Waals surface area contributed by atoms with E-state index in [2.05, 4.69) is 36.1 Å². The zero-order chi connectivity index (χ0) is 25.0. The molecule has 2 aromatic heterocycles. The molecule has 1 aliphatic heterocycles. The van der Waals surface area contributed by atoms with Crippen LogP contribution in [-0.4, -0.2) is 33.9 Å². The Labute approximate surface area is 212 Å². The van der Waals surface area contributed by atoms with Gasteiger partial charge in [0.15, 0.2) is 5.13 Å². The molecule has 35 heavy (non-hydrogen) atoms. The number of rotatable bonds is 8. The first-order valence-electron chi connectivity index (χ1n) is 11.5. The number of carbonyl (C=O) groups is 1. The SMILES string of the molecule is CC(C)(C)c1cnc(CSc2cnc(N(Cc3ccc([N+](=O)[O-])cc3)C(=O)C3CCNCC3)s2)o1. The number of thiazole rings is 1. The van der Waals surface area contributed by atoms with Crippen molar-refractivity contribution in [3.8, 4) is 0 Å². The van der Waals surface area contributed by atoms with Gasteiger partial charge >= 0.3 is 0 Å². The minimum atomic E-state index is -0.426. The van der Waals surface area contributed by atoms with E-state index >= 15 is 0 Å². The van der Waals surface area contributed by atoms with Gasteiger partial charge in [-0.2, -0.15) is 0 Å². The number of nitro benzene ring substituents is 1. The molecule has 0 unspecified atom stereocenters. The van der Waals surface area contributed by atoms with Gasteiger partial charge in [-0.25, -0.2) is 9.97 Å². The highest BCUT2D eigenvalue weighted by atomic mass is 32.2. The maximum Gasteiger partial charge on any atom is 0.269 e. The number of nitrogens with zero attached hydrogens (tertiary/aromatic N) is 4. The Morgan fingerprint density at radius 2 is 1.94 bits per heavy atom. The number of aromatic nitrogens is 2. The number of nitro groups is 1. The number of amides is 1. The molecule has 0 aliphatic carbocycles. The van der Waals surface area contributed by atoms with Gasteiger partial charge < -0.3 is 9.73 Å². The van der Waals surface area contributed by atoms with E-state index < -0.39 is 4.92 Å². The standard InChI is InChI=1S/C24H29N5O4S2/c1-24(2,3)19-12-26-20(33-19)15-34-21-13-27-23(35-21)28(22(30)17-8-10-25-11-9-17)14-16-4-6-18(7-5-16)29(31)32/h4-7,12-13,17,25H,8-11,14-15H2,1-3H3. The lowest BCUT2D eigenvalue weighted by Crippen LogP contribution is -2.40. The molecular formula is C24H29N5O4S2. The van der Waals surface area contributed by atoms with Crippen molar-refractivity contribution in [1.29, 1.82) is 0 Å². The molecule has 3 aromatic rings. The summed E-state index contributed by atoms with van der Waals surface area (Å²) in [6.07, 6.45) is 5.11. The number of carbonyl (C=O) groups excluding carboxylic acids is 1. The number of piperidine rings is 1. The molecule has 0 atom stereocenters. The zero-order valence-corrected chi connectivity index (χ0v) is 21.7. The second-order valence-electron chi connectivity index (χ2n) is 9.49. The fraction of sp³-hybridized carbons (Fsp3) is 0.458. The van der Waals surface area contributed by atoms with E-state index in [1.54, 1.807) is 41.2 Å². The summed E-state index contributed by atoms with van der Waals surface area (Å²) in [4.78, 5) is 34.7. The number of non-ortho nitro benzene ring substituents is 1. The molecule has 4 rings (SSSR count). The number of hydrogen-bond donors (Lipinski definition) is 1. The first-order chi connectivity index (χ1) is 16.7. The Hall–Kier alpha value is -2.76. The Balaban J connectivity index is 1.50. The summed E-state index contributed by atoms with van der Waals surface area (Å²) in [5.41, 5.74) is 0.747. The average molecular weight is 516 g/mol. The Morgan fingerprint density at radius 1 is 1.23 bits per heavy atom. The summed E-state index contributed by atoms with van der Waals surface area (Å²) in [7, 11) is 0. The molecule has 186 valence electrons. The third-order valence-corrected chi connectivity index (χ3v) is 7.98. The number of hydrogen-bond acceptors (Lipinski definition) is 9. The maximum absolute atomic E-state index is 13.5. The van der Waals surface area contributed by atoms with Gasteiger partial charge in [0.05, 0.1) is 33.8 Å². The van der Waals surface area contributed by atoms with Crippen LogP contribution < -0.4 is 10.2 Å². The molecule has 1 saturated heterocycles. The van der Waals surface area contributed by atoms with Crippen LogP contribution in [0.4, 0.5) is 10.8 Å². The molecule has 3 heterocycles. The lowest BCUT2D eigenvalue weighted by Gasteiger charge is -2.28. The van der Waals surface area contributed by atoms with E-state index in [1.807, 2.05) is 0 Å². The molecule has 0 bridgehead atoms. The average Bonchev–Trinajstić information content (AvgIpc) is 3.51. The lowest BCUT2D eigenvalue weighted by molar-refractivity contribution is -0.384. The molecule has 0 radical (unpaired) electrons. The highest BCUT2D eigenvalue weighted by Crippen LogP contribution is 2.35. The number of benzene rings is 1. The second kappa shape index (κ2) is 10.9. The third kappa shape index (κ3) is 6.47. The van der Waals surface area contributed by atoms with Gasteiger partial charge in [0, 0.05) is 23.5 Å². The van der Waals surface area contributed by atoms with Gasteiger partial charge in [0.1, 0.15) is 5.76 Å². The highest BCUT2D eigenvalue weighted by Gasteiger charge is 2.29. The van der Waals surface area contributed by atoms with Crippen LogP contribution in [0, 0.1) is 16.0 Å². The summed E-state index contributed by atoms with van der Waals surface area (Å²) in [6.45, 7) is 8.18. The van der Waals surface area contributed by atoms with Crippen LogP contribution in [0.1, 0.15) is 50.8 Å². The van der Waals surface area contributed by atoms with Gasteiger partial charge in [0.25, 0.3) is 5.69 Å². The van der Waals surface area contributed by atoms with Crippen molar-refractivity contribution in [2.24, 2.45) is 5.92 Å². The topological polar surface area (TPSA) is 114 Å². The van der Waals surface area contributed by atoms with E-state index in [1.165, 1.54) is 23.5 Å². The van der Waals surface area contributed by atoms with Crippen LogP contribution in [0.3, 0.4) is 0 Å². The largest absolute Gasteiger partial charge is 0.444 e. The van der Waals surface area contributed by atoms with E-state index in [-0.39, 0.29) is 22.9 Å². The van der Waals surface area contributed by atoms with Gasteiger partial charge in [-0.15, -0.1) is 11.8 Å². The molecule has 1 amide bonds. The first kappa shape index (κ1) is 25.3. The van der Waals surface area contributed by atoms with Crippen molar-refractivity contribution >= 4 is 39.8 Å². The molecule has 1 fully saturated rings. The second-order valence-corrected chi connectivity index (χ2v) is 11.8.